The molecule has 184 valence electrons. The Labute approximate surface area is 205 Å². The number of piperidine rings is 1. The van der Waals surface area contributed by atoms with E-state index < -0.39 is 6.10 Å². The van der Waals surface area contributed by atoms with Crippen molar-refractivity contribution in [3.05, 3.63) is 40.5 Å². The molecule has 1 aromatic heterocycles. The second-order valence-corrected chi connectivity index (χ2v) is 9.48. The van der Waals surface area contributed by atoms with Crippen LogP contribution < -0.4 is 19.7 Å². The molecule has 1 atom stereocenters. The first kappa shape index (κ1) is 24.5. The van der Waals surface area contributed by atoms with Gasteiger partial charge in [0.2, 0.25) is 11.8 Å². The van der Waals surface area contributed by atoms with Gasteiger partial charge in [0.05, 0.1) is 18.2 Å². The van der Waals surface area contributed by atoms with Crippen LogP contribution >= 0.6 is 11.6 Å². The Morgan fingerprint density at radius 2 is 1.94 bits per heavy atom. The van der Waals surface area contributed by atoms with E-state index in [0.29, 0.717) is 35.1 Å². The van der Waals surface area contributed by atoms with Gasteiger partial charge in [0.15, 0.2) is 0 Å². The van der Waals surface area contributed by atoms with Crippen molar-refractivity contribution in [2.24, 2.45) is 0 Å². The van der Waals surface area contributed by atoms with Crippen LogP contribution in [0.4, 0.5) is 5.95 Å². The predicted octanol–water partition coefficient (Wildman–Crippen LogP) is 4.30. The maximum atomic E-state index is 13.2. The molecule has 2 fully saturated rings. The van der Waals surface area contributed by atoms with Crippen molar-refractivity contribution >= 4 is 23.5 Å². The summed E-state index contributed by atoms with van der Waals surface area (Å²) in [5.74, 6) is 1.15. The molecule has 1 saturated heterocycles. The number of carbonyl (C=O) groups is 1. The van der Waals surface area contributed by atoms with Gasteiger partial charge in [0, 0.05) is 25.3 Å². The minimum absolute atomic E-state index is 0.0170. The number of benzene rings is 1. The van der Waals surface area contributed by atoms with E-state index in [-0.39, 0.29) is 23.9 Å². The quantitative estimate of drug-likeness (QED) is 0.599. The Hall–Kier alpha value is -2.58. The number of amides is 1. The summed E-state index contributed by atoms with van der Waals surface area (Å²) in [6.45, 7) is 3.67. The summed E-state index contributed by atoms with van der Waals surface area (Å²) >= 11 is 6.31. The molecule has 1 aliphatic carbocycles. The van der Waals surface area contributed by atoms with Crippen LogP contribution in [0.5, 0.6) is 11.6 Å². The average molecular weight is 489 g/mol. The van der Waals surface area contributed by atoms with E-state index in [9.17, 15) is 9.90 Å². The van der Waals surface area contributed by atoms with Crippen LogP contribution in [0, 0.1) is 0 Å². The second kappa shape index (κ2) is 11.2. The van der Waals surface area contributed by atoms with Gasteiger partial charge in [0.1, 0.15) is 17.4 Å². The highest BCUT2D eigenvalue weighted by Gasteiger charge is 2.26. The molecule has 1 aliphatic heterocycles. The number of nitrogens with one attached hydrogen (secondary N) is 1. The van der Waals surface area contributed by atoms with Gasteiger partial charge in [-0.3, -0.25) is 4.79 Å². The van der Waals surface area contributed by atoms with Crippen LogP contribution in [-0.2, 0) is 0 Å². The largest absolute Gasteiger partial charge is 0.495 e. The maximum Gasteiger partial charge on any atom is 0.258 e. The van der Waals surface area contributed by atoms with E-state index in [4.69, 9.17) is 21.1 Å². The van der Waals surface area contributed by atoms with Crippen LogP contribution in [0.3, 0.4) is 0 Å². The molecule has 9 heteroatoms. The number of carbonyl (C=O) groups excluding carboxylic acids is 1. The number of ether oxygens (including phenoxy) is 2. The molecule has 4 rings (SSSR count). The van der Waals surface area contributed by atoms with E-state index in [1.165, 1.54) is 6.42 Å². The van der Waals surface area contributed by atoms with Gasteiger partial charge in [-0.2, -0.15) is 4.98 Å². The van der Waals surface area contributed by atoms with Crippen LogP contribution in [-0.4, -0.2) is 53.3 Å². The molecule has 2 N–H and O–H groups in total. The van der Waals surface area contributed by atoms with E-state index in [2.05, 4.69) is 20.2 Å². The number of aliphatic hydroxyl groups excluding tert-OH is 1. The van der Waals surface area contributed by atoms with Crippen molar-refractivity contribution in [2.45, 2.75) is 70.1 Å². The lowest BCUT2D eigenvalue weighted by Crippen LogP contribution is -2.39. The predicted molar refractivity (Wildman–Crippen MR) is 131 cm³/mol. The zero-order valence-corrected chi connectivity index (χ0v) is 20.6. The molecule has 2 aromatic rings. The smallest absolute Gasteiger partial charge is 0.258 e. The molecular formula is C25H33ClN4O4. The highest BCUT2D eigenvalue weighted by molar-refractivity contribution is 6.32. The van der Waals surface area contributed by atoms with Gasteiger partial charge >= 0.3 is 0 Å². The van der Waals surface area contributed by atoms with Gasteiger partial charge in [-0.15, -0.1) is 0 Å². The summed E-state index contributed by atoms with van der Waals surface area (Å²) in [6, 6.07) is 5.49. The van der Waals surface area contributed by atoms with Crippen LogP contribution in [0.1, 0.15) is 73.9 Å². The number of nitrogens with zero attached hydrogens (tertiary/aromatic N) is 3. The van der Waals surface area contributed by atoms with Crippen LogP contribution in [0.15, 0.2) is 24.4 Å². The van der Waals surface area contributed by atoms with Crippen molar-refractivity contribution in [1.29, 1.82) is 0 Å². The van der Waals surface area contributed by atoms with Crippen LogP contribution in [0.25, 0.3) is 0 Å². The van der Waals surface area contributed by atoms with Crippen molar-refractivity contribution in [3.8, 4) is 11.6 Å². The molecule has 8 nitrogen and oxygen atoms in total. The van der Waals surface area contributed by atoms with E-state index in [0.717, 1.165) is 44.3 Å². The standard InChI is InChI=1S/C25H33ClN4O4/c1-16(17-6-11-22(33-2)21(26)14-17)34-24-20(23(32)28-18-7-9-19(31)10-8-18)15-27-25(29-24)30-12-4-3-5-13-30/h6,11,14-16,18-19,31H,3-5,7-10,12-13H2,1-2H3,(H,28,32). The highest BCUT2D eigenvalue weighted by atomic mass is 35.5. The molecular weight excluding hydrogens is 456 g/mol. The lowest BCUT2D eigenvalue weighted by atomic mass is 9.93. The highest BCUT2D eigenvalue weighted by Crippen LogP contribution is 2.31. The van der Waals surface area contributed by atoms with Gasteiger partial charge in [-0.1, -0.05) is 17.7 Å². The molecule has 2 aliphatic rings. The first-order chi connectivity index (χ1) is 16.4. The van der Waals surface area contributed by atoms with E-state index in [1.54, 1.807) is 25.4 Å². The van der Waals surface area contributed by atoms with E-state index >= 15 is 0 Å². The SMILES string of the molecule is COc1ccc(C(C)Oc2nc(N3CCCCC3)ncc2C(=O)NC2CCC(O)CC2)cc1Cl. The fourth-order valence-electron chi connectivity index (χ4n) is 4.50. The number of aliphatic hydroxyl groups is 1. The Bertz CT molecular complexity index is 991. The van der Waals surface area contributed by atoms with Gasteiger partial charge < -0.3 is 24.8 Å². The van der Waals surface area contributed by atoms with Gasteiger partial charge in [0.25, 0.3) is 5.91 Å². The molecule has 1 unspecified atom stereocenters. The minimum atomic E-state index is -0.399. The summed E-state index contributed by atoms with van der Waals surface area (Å²) in [4.78, 5) is 24.5. The summed E-state index contributed by atoms with van der Waals surface area (Å²) < 4.78 is 11.5. The number of anilines is 1. The number of hydrogen-bond donors (Lipinski definition) is 2. The Kier molecular flexibility index (Phi) is 8.11. The Balaban J connectivity index is 1.57. The second-order valence-electron chi connectivity index (χ2n) is 9.07. The van der Waals surface area contributed by atoms with Crippen molar-refractivity contribution < 1.29 is 19.4 Å². The Morgan fingerprint density at radius 1 is 1.21 bits per heavy atom. The normalized spacial score (nSPS) is 21.6. The molecule has 0 radical (unpaired) electrons. The summed E-state index contributed by atoms with van der Waals surface area (Å²) in [5.41, 5.74) is 1.15. The summed E-state index contributed by atoms with van der Waals surface area (Å²) in [5, 5.41) is 13.3. The number of aromatic nitrogens is 2. The zero-order chi connectivity index (χ0) is 24.1. The first-order valence-corrected chi connectivity index (χ1v) is 12.4. The van der Waals surface area contributed by atoms with Crippen molar-refractivity contribution in [3.63, 3.8) is 0 Å². The lowest BCUT2D eigenvalue weighted by molar-refractivity contribution is 0.0860. The molecule has 1 aromatic carbocycles. The van der Waals surface area contributed by atoms with Gasteiger partial charge in [-0.25, -0.2) is 4.98 Å². The molecule has 34 heavy (non-hydrogen) atoms. The fourth-order valence-corrected chi connectivity index (χ4v) is 4.77. The first-order valence-electron chi connectivity index (χ1n) is 12.1. The summed E-state index contributed by atoms with van der Waals surface area (Å²) in [7, 11) is 1.57. The third-order valence-electron chi connectivity index (χ3n) is 6.59. The fraction of sp³-hybridized carbons (Fsp3) is 0.560. The maximum absolute atomic E-state index is 13.2. The van der Waals surface area contributed by atoms with Crippen molar-refractivity contribution in [1.82, 2.24) is 15.3 Å². The lowest BCUT2D eigenvalue weighted by Gasteiger charge is -2.28. The minimum Gasteiger partial charge on any atom is -0.495 e. The van der Waals surface area contributed by atoms with Crippen LogP contribution in [0.2, 0.25) is 5.02 Å². The zero-order valence-electron chi connectivity index (χ0n) is 19.8. The topological polar surface area (TPSA) is 96.8 Å². The third-order valence-corrected chi connectivity index (χ3v) is 6.89. The van der Waals surface area contributed by atoms with Gasteiger partial charge in [-0.05, 0) is 69.6 Å². The average Bonchev–Trinajstić information content (AvgIpc) is 2.85. The summed E-state index contributed by atoms with van der Waals surface area (Å²) in [6.07, 6.45) is 7.14. The van der Waals surface area contributed by atoms with Crippen molar-refractivity contribution in [2.75, 3.05) is 25.1 Å². The molecule has 0 spiro atoms. The Morgan fingerprint density at radius 3 is 2.62 bits per heavy atom. The molecule has 1 saturated carbocycles. The number of halogens is 1. The number of hydrogen-bond acceptors (Lipinski definition) is 7. The molecule has 2 heterocycles. The number of methoxy groups -OCH3 is 1. The van der Waals surface area contributed by atoms with E-state index in [1.807, 2.05) is 13.0 Å². The third kappa shape index (κ3) is 5.91. The number of rotatable bonds is 7. The monoisotopic (exact) mass is 488 g/mol. The molecule has 0 bridgehead atoms. The molecule has 1 amide bonds.